The first-order valence-electron chi connectivity index (χ1n) is 8.18. The van der Waals surface area contributed by atoms with Gasteiger partial charge in [0.1, 0.15) is 5.75 Å². The summed E-state index contributed by atoms with van der Waals surface area (Å²) in [6.45, 7) is 6.69. The molecule has 4 heteroatoms. The summed E-state index contributed by atoms with van der Waals surface area (Å²) in [4.78, 5) is 0. The number of ether oxygens (including phenoxy) is 1. The van der Waals surface area contributed by atoms with E-state index in [1.165, 1.54) is 5.56 Å². The van der Waals surface area contributed by atoms with E-state index in [0.29, 0.717) is 5.11 Å². The summed E-state index contributed by atoms with van der Waals surface area (Å²) >= 11 is 5.43. The number of methoxy groups -OCH3 is 1. The quantitative estimate of drug-likeness (QED) is 0.743. The van der Waals surface area contributed by atoms with E-state index in [0.717, 1.165) is 17.9 Å². The lowest BCUT2D eigenvalue weighted by Crippen LogP contribution is -2.39. The first kappa shape index (κ1) is 18.3. The number of hydrogen-bond donors (Lipinski definition) is 2. The van der Waals surface area contributed by atoms with Crippen LogP contribution in [0.4, 0.5) is 5.69 Å². The predicted octanol–water partition coefficient (Wildman–Crippen LogP) is 4.74. The highest BCUT2D eigenvalue weighted by molar-refractivity contribution is 7.80. The molecule has 0 radical (unpaired) electrons. The number of anilines is 1. The smallest absolute Gasteiger partial charge is 0.170 e. The Morgan fingerprint density at radius 1 is 1.08 bits per heavy atom. The van der Waals surface area contributed by atoms with Gasteiger partial charge in [0.15, 0.2) is 5.11 Å². The minimum Gasteiger partial charge on any atom is -0.497 e. The van der Waals surface area contributed by atoms with Gasteiger partial charge in [-0.2, -0.15) is 0 Å². The average molecular weight is 343 g/mol. The van der Waals surface area contributed by atoms with Gasteiger partial charge in [0.05, 0.1) is 7.11 Å². The minimum absolute atomic E-state index is 0.0867. The van der Waals surface area contributed by atoms with Gasteiger partial charge < -0.3 is 15.4 Å². The van der Waals surface area contributed by atoms with Crippen molar-refractivity contribution in [2.75, 3.05) is 12.4 Å². The molecular weight excluding hydrogens is 316 g/mol. The maximum atomic E-state index is 5.43. The van der Waals surface area contributed by atoms with E-state index in [2.05, 4.69) is 61.7 Å². The van der Waals surface area contributed by atoms with E-state index in [1.54, 1.807) is 7.11 Å². The molecule has 0 amide bonds. The Labute approximate surface area is 150 Å². The van der Waals surface area contributed by atoms with Crippen LogP contribution >= 0.6 is 12.2 Å². The summed E-state index contributed by atoms with van der Waals surface area (Å²) in [5.74, 6) is 0.831. The van der Waals surface area contributed by atoms with Crippen LogP contribution in [0, 0.1) is 0 Å². The van der Waals surface area contributed by atoms with Crippen molar-refractivity contribution >= 4 is 23.0 Å². The van der Waals surface area contributed by atoms with Crippen LogP contribution in [0.2, 0.25) is 0 Å². The molecule has 2 aromatic carbocycles. The highest BCUT2D eigenvalue weighted by atomic mass is 32.1. The fourth-order valence-electron chi connectivity index (χ4n) is 2.89. The standard InChI is InChI=1S/C20H26N2OS/c1-15(14-20(2,3)16-8-6-5-7-9-16)21-19(24)22-17-10-12-18(23-4)13-11-17/h5-13,15H,14H2,1-4H3,(H2,21,22,24)/t15-/m0/s1. The molecule has 0 aromatic heterocycles. The van der Waals surface area contributed by atoms with Crippen LogP contribution in [0.3, 0.4) is 0 Å². The van der Waals surface area contributed by atoms with Crippen molar-refractivity contribution in [3.8, 4) is 5.75 Å². The van der Waals surface area contributed by atoms with Crippen molar-refractivity contribution in [3.63, 3.8) is 0 Å². The molecule has 2 aromatic rings. The monoisotopic (exact) mass is 342 g/mol. The van der Waals surface area contributed by atoms with Gasteiger partial charge in [0.2, 0.25) is 0 Å². The number of rotatable bonds is 6. The van der Waals surface area contributed by atoms with Crippen molar-refractivity contribution < 1.29 is 4.74 Å². The van der Waals surface area contributed by atoms with Crippen LogP contribution in [0.25, 0.3) is 0 Å². The molecular formula is C20H26N2OS. The van der Waals surface area contributed by atoms with Crippen LogP contribution in [0.1, 0.15) is 32.8 Å². The summed E-state index contributed by atoms with van der Waals surface area (Å²) in [6.07, 6.45) is 0.988. The molecule has 24 heavy (non-hydrogen) atoms. The average Bonchev–Trinajstić information content (AvgIpc) is 2.55. The van der Waals surface area contributed by atoms with Crippen LogP contribution in [0.5, 0.6) is 5.75 Å². The Morgan fingerprint density at radius 3 is 2.29 bits per heavy atom. The first-order valence-corrected chi connectivity index (χ1v) is 8.58. The van der Waals surface area contributed by atoms with Crippen molar-refractivity contribution in [3.05, 3.63) is 60.2 Å². The first-order chi connectivity index (χ1) is 11.4. The van der Waals surface area contributed by atoms with Gasteiger partial charge in [-0.15, -0.1) is 0 Å². The second-order valence-electron chi connectivity index (χ2n) is 6.68. The largest absolute Gasteiger partial charge is 0.497 e. The lowest BCUT2D eigenvalue weighted by atomic mass is 9.79. The Morgan fingerprint density at radius 2 is 1.71 bits per heavy atom. The molecule has 0 saturated heterocycles. The third kappa shape index (κ3) is 5.24. The molecule has 0 fully saturated rings. The van der Waals surface area contributed by atoms with E-state index in [-0.39, 0.29) is 11.5 Å². The highest BCUT2D eigenvalue weighted by Gasteiger charge is 2.23. The van der Waals surface area contributed by atoms with E-state index in [4.69, 9.17) is 17.0 Å². The Hall–Kier alpha value is -2.07. The van der Waals surface area contributed by atoms with Gasteiger partial charge in [-0.1, -0.05) is 44.2 Å². The second kappa shape index (κ2) is 8.15. The number of benzene rings is 2. The topological polar surface area (TPSA) is 33.3 Å². The second-order valence-corrected chi connectivity index (χ2v) is 7.09. The molecule has 1 atom stereocenters. The minimum atomic E-state index is 0.0867. The molecule has 3 nitrogen and oxygen atoms in total. The molecule has 128 valence electrons. The summed E-state index contributed by atoms with van der Waals surface area (Å²) in [5, 5.41) is 7.22. The predicted molar refractivity (Wildman–Crippen MR) is 106 cm³/mol. The lowest BCUT2D eigenvalue weighted by Gasteiger charge is -2.29. The van der Waals surface area contributed by atoms with Gasteiger partial charge in [0.25, 0.3) is 0 Å². The van der Waals surface area contributed by atoms with Gasteiger partial charge in [-0.05, 0) is 60.8 Å². The van der Waals surface area contributed by atoms with Gasteiger partial charge in [-0.25, -0.2) is 0 Å². The number of thiocarbonyl (C=S) groups is 1. The van der Waals surface area contributed by atoms with Crippen LogP contribution in [-0.4, -0.2) is 18.3 Å². The molecule has 0 unspecified atom stereocenters. The van der Waals surface area contributed by atoms with Gasteiger partial charge >= 0.3 is 0 Å². The molecule has 0 aliphatic heterocycles. The third-order valence-corrected chi connectivity index (χ3v) is 4.32. The summed E-state index contributed by atoms with van der Waals surface area (Å²) in [7, 11) is 1.66. The molecule has 0 spiro atoms. The lowest BCUT2D eigenvalue weighted by molar-refractivity contribution is 0.415. The Balaban J connectivity index is 1.89. The van der Waals surface area contributed by atoms with E-state index in [1.807, 2.05) is 24.3 Å². The zero-order valence-corrected chi connectivity index (χ0v) is 15.6. The fraction of sp³-hybridized carbons (Fsp3) is 0.350. The molecule has 2 rings (SSSR count). The normalized spacial score (nSPS) is 12.3. The number of nitrogens with one attached hydrogen (secondary N) is 2. The van der Waals surface area contributed by atoms with Crippen molar-refractivity contribution in [1.29, 1.82) is 0 Å². The fourth-order valence-corrected chi connectivity index (χ4v) is 3.21. The molecule has 0 bridgehead atoms. The maximum Gasteiger partial charge on any atom is 0.170 e. The van der Waals surface area contributed by atoms with Gasteiger partial charge in [-0.3, -0.25) is 0 Å². The summed E-state index contributed by atoms with van der Waals surface area (Å²) in [5.41, 5.74) is 2.37. The zero-order valence-electron chi connectivity index (χ0n) is 14.8. The van der Waals surface area contributed by atoms with E-state index >= 15 is 0 Å². The Bertz CT molecular complexity index is 653. The molecule has 0 saturated carbocycles. The SMILES string of the molecule is COc1ccc(NC(=S)N[C@@H](C)CC(C)(C)c2ccccc2)cc1. The maximum absolute atomic E-state index is 5.43. The molecule has 0 aliphatic carbocycles. The van der Waals surface area contributed by atoms with E-state index < -0.39 is 0 Å². The van der Waals surface area contributed by atoms with Crippen molar-refractivity contribution in [2.24, 2.45) is 0 Å². The molecule has 0 heterocycles. The van der Waals surface area contributed by atoms with Crippen molar-refractivity contribution in [2.45, 2.75) is 38.6 Å². The Kier molecular flexibility index (Phi) is 6.21. The van der Waals surface area contributed by atoms with Crippen LogP contribution in [-0.2, 0) is 5.41 Å². The highest BCUT2D eigenvalue weighted by Crippen LogP contribution is 2.28. The van der Waals surface area contributed by atoms with E-state index in [9.17, 15) is 0 Å². The summed E-state index contributed by atoms with van der Waals surface area (Å²) in [6, 6.07) is 18.6. The molecule has 0 aliphatic rings. The zero-order chi connectivity index (χ0) is 17.6. The van der Waals surface area contributed by atoms with Crippen LogP contribution < -0.4 is 15.4 Å². The van der Waals surface area contributed by atoms with Crippen molar-refractivity contribution in [1.82, 2.24) is 5.32 Å². The van der Waals surface area contributed by atoms with Crippen LogP contribution in [0.15, 0.2) is 54.6 Å². The molecule has 2 N–H and O–H groups in total. The third-order valence-electron chi connectivity index (χ3n) is 4.10. The number of hydrogen-bond acceptors (Lipinski definition) is 2. The van der Waals surface area contributed by atoms with Gasteiger partial charge in [0, 0.05) is 11.7 Å². The summed E-state index contributed by atoms with van der Waals surface area (Å²) < 4.78 is 5.16.